The van der Waals surface area contributed by atoms with Gasteiger partial charge in [0.05, 0.1) is 15.1 Å². The molecular formula is C17H12BrClF3N2+. The molecule has 0 aliphatic carbocycles. The summed E-state index contributed by atoms with van der Waals surface area (Å²) in [5, 5.41) is 4.66. The molecule has 1 aliphatic rings. The van der Waals surface area contributed by atoms with E-state index in [-0.39, 0.29) is 25.3 Å². The lowest BCUT2D eigenvalue weighted by molar-refractivity contribution is 0.450. The molecule has 0 saturated carbocycles. The quantitative estimate of drug-likeness (QED) is 0.542. The number of halogens is 5. The Morgan fingerprint density at radius 3 is 2.46 bits per heavy atom. The van der Waals surface area contributed by atoms with Crippen molar-refractivity contribution in [3.8, 4) is 0 Å². The predicted molar refractivity (Wildman–Crippen MR) is 94.3 cm³/mol. The summed E-state index contributed by atoms with van der Waals surface area (Å²) in [4.78, 5) is 0. The molecule has 0 radical (unpaired) electrons. The molecule has 1 atom stereocenters. The monoisotopic (exact) mass is 415 g/mol. The summed E-state index contributed by atoms with van der Waals surface area (Å²) >= 11 is 9.30. The second-order valence-corrected chi connectivity index (χ2v) is 6.83. The van der Waals surface area contributed by atoms with Crippen molar-refractivity contribution in [2.45, 2.75) is 6.92 Å². The highest BCUT2D eigenvalue weighted by Crippen LogP contribution is 2.41. The van der Waals surface area contributed by atoms with Crippen molar-refractivity contribution in [3.05, 3.63) is 69.0 Å². The third-order valence-electron chi connectivity index (χ3n) is 3.79. The fourth-order valence-corrected chi connectivity index (χ4v) is 3.85. The summed E-state index contributed by atoms with van der Waals surface area (Å²) in [5.74, 6) is -1.94. The molecular weight excluding hydrogens is 405 g/mol. The van der Waals surface area contributed by atoms with Gasteiger partial charge in [0.25, 0.3) is 0 Å². The van der Waals surface area contributed by atoms with Crippen LogP contribution in [0.1, 0.15) is 12.5 Å². The highest BCUT2D eigenvalue weighted by atomic mass is 79.9. The van der Waals surface area contributed by atoms with Gasteiger partial charge < -0.3 is 0 Å². The van der Waals surface area contributed by atoms with Crippen molar-refractivity contribution in [1.29, 1.82) is 0 Å². The number of allylic oxidation sites excluding steroid dienone is 1. The van der Waals surface area contributed by atoms with Crippen LogP contribution in [-0.4, -0.2) is 12.8 Å². The van der Waals surface area contributed by atoms with Crippen LogP contribution in [0.4, 0.5) is 18.9 Å². The molecule has 0 aromatic heterocycles. The molecule has 2 aromatic carbocycles. The van der Waals surface area contributed by atoms with Crippen LogP contribution in [-0.2, 0) is 0 Å². The third-order valence-corrected chi connectivity index (χ3v) is 4.71. The van der Waals surface area contributed by atoms with E-state index in [0.717, 1.165) is 12.1 Å². The topological polar surface area (TPSA) is 12.4 Å². The molecule has 1 aliphatic heterocycles. The van der Waals surface area contributed by atoms with Crippen LogP contribution in [0.25, 0.3) is 5.57 Å². The van der Waals surface area contributed by atoms with E-state index in [0.29, 0.717) is 11.3 Å². The Morgan fingerprint density at radius 2 is 1.83 bits per heavy atom. The van der Waals surface area contributed by atoms with Gasteiger partial charge in [0, 0.05) is 11.6 Å². The normalized spacial score (nSPS) is 20.1. The molecule has 0 amide bonds. The molecule has 1 heterocycles. The van der Waals surface area contributed by atoms with E-state index in [1.54, 1.807) is 26.2 Å². The molecule has 2 aromatic rings. The van der Waals surface area contributed by atoms with Gasteiger partial charge in [-0.05, 0) is 41.1 Å². The number of hydrogen-bond donors (Lipinski definition) is 0. The van der Waals surface area contributed by atoms with Crippen LogP contribution in [0.2, 0.25) is 5.02 Å². The minimum atomic E-state index is -0.752. The van der Waals surface area contributed by atoms with E-state index in [1.807, 2.05) is 0 Å². The number of hydrogen-bond acceptors (Lipinski definition) is 1. The first-order valence-corrected chi connectivity index (χ1v) is 8.16. The number of nitrogens with zero attached hydrogens (tertiary/aromatic N) is 2. The first-order chi connectivity index (χ1) is 11.2. The maximum atomic E-state index is 14.3. The molecule has 0 fully saturated rings. The van der Waals surface area contributed by atoms with E-state index in [4.69, 9.17) is 11.6 Å². The Kier molecular flexibility index (Phi) is 4.32. The van der Waals surface area contributed by atoms with E-state index < -0.39 is 17.5 Å². The predicted octanol–water partition coefficient (Wildman–Crippen LogP) is 5.89. The third kappa shape index (κ3) is 2.79. The van der Waals surface area contributed by atoms with Crippen molar-refractivity contribution in [1.82, 2.24) is 4.59 Å². The van der Waals surface area contributed by atoms with Gasteiger partial charge in [-0.2, -0.15) is 0 Å². The van der Waals surface area contributed by atoms with Crippen LogP contribution in [0.3, 0.4) is 0 Å². The Labute approximate surface area is 150 Å². The van der Waals surface area contributed by atoms with Crippen LogP contribution < -0.4 is 4.59 Å². The summed E-state index contributed by atoms with van der Waals surface area (Å²) in [6.45, 7) is 1.69. The molecule has 0 N–H and O–H groups in total. The van der Waals surface area contributed by atoms with Gasteiger partial charge in [0.2, 0.25) is 5.69 Å². The fraction of sp³-hybridized carbons (Fsp3) is 0.118. The lowest BCUT2D eigenvalue weighted by atomic mass is 10.0. The summed E-state index contributed by atoms with van der Waals surface area (Å²) in [5.41, 5.74) is 1.30. The Bertz CT molecular complexity index is 867. The Morgan fingerprint density at radius 1 is 1.12 bits per heavy atom. The first kappa shape index (κ1) is 17.2. The molecule has 1 unspecified atom stereocenters. The van der Waals surface area contributed by atoms with Gasteiger partial charge in [-0.1, -0.05) is 22.8 Å². The van der Waals surface area contributed by atoms with Crippen molar-refractivity contribution < 1.29 is 13.2 Å². The minimum Gasteiger partial charge on any atom is -0.207 e. The van der Waals surface area contributed by atoms with Crippen molar-refractivity contribution in [3.63, 3.8) is 0 Å². The fourth-order valence-electron chi connectivity index (χ4n) is 2.82. The van der Waals surface area contributed by atoms with Gasteiger partial charge in [-0.25, -0.2) is 13.2 Å². The SMILES string of the molecule is CC1=N[N+](C)(c2c(F)cc(F)cc2Br)C=C1c1c(F)cccc1Cl. The molecule has 7 heteroatoms. The summed E-state index contributed by atoms with van der Waals surface area (Å²) < 4.78 is 41.8. The van der Waals surface area contributed by atoms with E-state index in [2.05, 4.69) is 21.0 Å². The molecule has 0 saturated heterocycles. The summed E-state index contributed by atoms with van der Waals surface area (Å²) in [6.07, 6.45) is 1.58. The number of benzene rings is 2. The van der Waals surface area contributed by atoms with E-state index in [1.165, 1.54) is 12.1 Å². The van der Waals surface area contributed by atoms with Gasteiger partial charge in [-0.15, -0.1) is 4.59 Å². The zero-order valence-corrected chi connectivity index (χ0v) is 15.1. The molecule has 2 nitrogen and oxygen atoms in total. The molecule has 3 rings (SSSR count). The van der Waals surface area contributed by atoms with Gasteiger partial charge >= 0.3 is 0 Å². The van der Waals surface area contributed by atoms with Gasteiger partial charge in [-0.3, -0.25) is 0 Å². The number of quaternary nitrogens is 1. The van der Waals surface area contributed by atoms with Gasteiger partial charge in [0.1, 0.15) is 30.6 Å². The zero-order chi connectivity index (χ0) is 17.6. The lowest BCUT2D eigenvalue weighted by Crippen LogP contribution is -2.32. The van der Waals surface area contributed by atoms with E-state index in [9.17, 15) is 13.2 Å². The zero-order valence-electron chi connectivity index (χ0n) is 12.7. The molecule has 0 spiro atoms. The van der Waals surface area contributed by atoms with Crippen molar-refractivity contribution in [2.75, 3.05) is 7.05 Å². The maximum absolute atomic E-state index is 14.3. The smallest absolute Gasteiger partial charge is 0.207 e. The second-order valence-electron chi connectivity index (χ2n) is 5.57. The molecule has 24 heavy (non-hydrogen) atoms. The summed E-state index contributed by atoms with van der Waals surface area (Å²) in [7, 11) is 1.62. The van der Waals surface area contributed by atoms with Crippen molar-refractivity contribution in [2.24, 2.45) is 5.10 Å². The van der Waals surface area contributed by atoms with Crippen LogP contribution in [0.5, 0.6) is 0 Å². The first-order valence-electron chi connectivity index (χ1n) is 6.98. The average molecular weight is 417 g/mol. The Hall–Kier alpha value is -1.63. The van der Waals surface area contributed by atoms with E-state index >= 15 is 0 Å². The molecule has 124 valence electrons. The second kappa shape index (κ2) is 6.02. The van der Waals surface area contributed by atoms with Crippen LogP contribution >= 0.6 is 27.5 Å². The molecule has 0 bridgehead atoms. The highest BCUT2D eigenvalue weighted by molar-refractivity contribution is 9.10. The van der Waals surface area contributed by atoms with Crippen molar-refractivity contribution >= 4 is 44.5 Å². The van der Waals surface area contributed by atoms with Crippen LogP contribution in [0.15, 0.2) is 46.1 Å². The summed E-state index contributed by atoms with van der Waals surface area (Å²) in [6, 6.07) is 6.33. The number of rotatable bonds is 2. The average Bonchev–Trinajstić information content (AvgIpc) is 2.73. The highest BCUT2D eigenvalue weighted by Gasteiger charge is 2.38. The Balaban J connectivity index is 2.21. The largest absolute Gasteiger partial charge is 0.214 e. The lowest BCUT2D eigenvalue weighted by Gasteiger charge is -2.21. The standard InChI is InChI=1S/C17H12BrClF3N2/c1-9-11(16-13(19)4-3-5-14(16)21)8-24(2,23-9)17-12(18)6-10(20)7-15(17)22/h3-8H,1-2H3/q+1. The van der Waals surface area contributed by atoms with Gasteiger partial charge in [0.15, 0.2) is 5.82 Å². The minimum absolute atomic E-state index is 0.123. The maximum Gasteiger partial charge on any atom is 0.214 e. The van der Waals surface area contributed by atoms with Crippen LogP contribution in [0, 0.1) is 17.5 Å².